The molecule has 0 heterocycles. The molecule has 0 fully saturated rings. The van der Waals surface area contributed by atoms with Crippen LogP contribution in [0.2, 0.25) is 0 Å². The van der Waals surface area contributed by atoms with E-state index in [4.69, 9.17) is 4.74 Å². The minimum absolute atomic E-state index is 0.197. The third-order valence-electron chi connectivity index (χ3n) is 4.23. The number of hydrogen-bond donors (Lipinski definition) is 0. The van der Waals surface area contributed by atoms with Gasteiger partial charge in [-0.25, -0.2) is 8.42 Å². The van der Waals surface area contributed by atoms with Gasteiger partial charge in [-0.05, 0) is 42.5 Å². The Morgan fingerprint density at radius 2 is 2.00 bits per heavy atom. The van der Waals surface area contributed by atoms with Gasteiger partial charge in [0.15, 0.2) is 5.78 Å². The summed E-state index contributed by atoms with van der Waals surface area (Å²) >= 11 is 0. The molecule has 6 heteroatoms. The van der Waals surface area contributed by atoms with Crippen molar-refractivity contribution >= 4 is 15.9 Å². The van der Waals surface area contributed by atoms with E-state index in [1.807, 2.05) is 12.1 Å². The maximum atomic E-state index is 12.2. The first-order valence-electron chi connectivity index (χ1n) is 7.91. The van der Waals surface area contributed by atoms with Gasteiger partial charge in [-0.1, -0.05) is 38.1 Å². The number of allylic oxidation sites excluding steroid dienone is 4. The highest BCUT2D eigenvalue weighted by atomic mass is 32.2. The van der Waals surface area contributed by atoms with E-state index in [-0.39, 0.29) is 17.9 Å². The van der Waals surface area contributed by atoms with Gasteiger partial charge in [0.2, 0.25) is 0 Å². The van der Waals surface area contributed by atoms with Crippen molar-refractivity contribution in [3.8, 4) is 5.75 Å². The normalized spacial score (nSPS) is 18.8. The fourth-order valence-electron chi connectivity index (χ4n) is 2.54. The molecule has 0 saturated heterocycles. The number of benzene rings is 1. The van der Waals surface area contributed by atoms with Gasteiger partial charge in [0.1, 0.15) is 22.5 Å². The van der Waals surface area contributed by atoms with Crippen LogP contribution < -0.4 is 4.74 Å². The van der Waals surface area contributed by atoms with Crippen LogP contribution in [0.1, 0.15) is 38.2 Å². The molecule has 5 nitrogen and oxygen atoms in total. The van der Waals surface area contributed by atoms with E-state index < -0.39 is 21.8 Å². The van der Waals surface area contributed by atoms with Crippen LogP contribution in [0.3, 0.4) is 0 Å². The molecule has 2 atom stereocenters. The van der Waals surface area contributed by atoms with Gasteiger partial charge in [0.05, 0.1) is 5.92 Å². The number of carbonyl (C=O) groups excluding carboxylic acids is 1. The molecule has 1 aliphatic rings. The van der Waals surface area contributed by atoms with E-state index in [0.717, 1.165) is 6.42 Å². The number of ketones is 1. The van der Waals surface area contributed by atoms with Crippen molar-refractivity contribution in [3.63, 3.8) is 0 Å². The maximum Gasteiger partial charge on any atom is 0.178 e. The van der Waals surface area contributed by atoms with Gasteiger partial charge in [-0.3, -0.25) is 4.79 Å². The minimum atomic E-state index is -4.64. The van der Waals surface area contributed by atoms with Gasteiger partial charge in [-0.2, -0.15) is 0 Å². The third kappa shape index (κ3) is 4.55. The smallest absolute Gasteiger partial charge is 0.178 e. The largest absolute Gasteiger partial charge is 0.744 e. The Labute approximate surface area is 142 Å². The van der Waals surface area contributed by atoms with Crippen molar-refractivity contribution in [2.45, 2.75) is 32.6 Å². The van der Waals surface area contributed by atoms with E-state index in [2.05, 4.69) is 13.8 Å². The average Bonchev–Trinajstić information content (AvgIpc) is 2.58. The monoisotopic (exact) mass is 349 g/mol. The molecule has 0 aliphatic heterocycles. The van der Waals surface area contributed by atoms with E-state index in [1.165, 1.54) is 17.7 Å². The third-order valence-corrected chi connectivity index (χ3v) is 5.23. The summed E-state index contributed by atoms with van der Waals surface area (Å²) in [6.07, 6.45) is 5.56. The Hall–Kier alpha value is -1.92. The number of hydrogen-bond acceptors (Lipinski definition) is 5. The molecule has 1 aromatic carbocycles. The molecule has 24 heavy (non-hydrogen) atoms. The Kier molecular flexibility index (Phi) is 5.96. The van der Waals surface area contributed by atoms with Crippen molar-refractivity contribution < 1.29 is 22.5 Å². The molecule has 0 amide bonds. The second kappa shape index (κ2) is 7.77. The summed E-state index contributed by atoms with van der Waals surface area (Å²) in [7, 11) is -4.64. The zero-order chi connectivity index (χ0) is 17.7. The summed E-state index contributed by atoms with van der Waals surface area (Å²) in [6, 6.07) is 7.47. The molecule has 0 N–H and O–H groups in total. The lowest BCUT2D eigenvalue weighted by atomic mass is 9.96. The summed E-state index contributed by atoms with van der Waals surface area (Å²) in [4.78, 5) is 11.9. The van der Waals surface area contributed by atoms with Crippen molar-refractivity contribution in [1.82, 2.24) is 0 Å². The summed E-state index contributed by atoms with van der Waals surface area (Å²) in [6.45, 7) is 3.97. The molecule has 0 saturated carbocycles. The van der Waals surface area contributed by atoms with E-state index >= 15 is 0 Å². The van der Waals surface area contributed by atoms with E-state index in [1.54, 1.807) is 18.2 Å². The Morgan fingerprint density at radius 1 is 1.33 bits per heavy atom. The van der Waals surface area contributed by atoms with Crippen LogP contribution in [0.25, 0.3) is 0 Å². The molecular weight excluding hydrogens is 328 g/mol. The van der Waals surface area contributed by atoms with Gasteiger partial charge >= 0.3 is 0 Å². The van der Waals surface area contributed by atoms with Crippen LogP contribution >= 0.6 is 0 Å². The number of Topliss-reactive ketones (excluding diaryl/α,β-unsaturated/α-hetero) is 1. The summed E-state index contributed by atoms with van der Waals surface area (Å²) in [5.74, 6) is -0.394. The molecule has 2 unspecified atom stereocenters. The topological polar surface area (TPSA) is 83.5 Å². The van der Waals surface area contributed by atoms with Crippen molar-refractivity contribution in [3.05, 3.63) is 53.0 Å². The first-order chi connectivity index (χ1) is 11.3. The fourth-order valence-corrected chi connectivity index (χ4v) is 3.36. The van der Waals surface area contributed by atoms with Gasteiger partial charge in [0, 0.05) is 4.91 Å². The molecule has 0 radical (unpaired) electrons. The van der Waals surface area contributed by atoms with E-state index in [0.29, 0.717) is 11.7 Å². The van der Waals surface area contributed by atoms with Crippen LogP contribution in [0.4, 0.5) is 0 Å². The SMILES string of the molecule is CCC(C)c1ccc(OCC(=O)C2CC=CC=C2S(=O)(=O)[O-])cc1. The lowest BCUT2D eigenvalue weighted by Crippen LogP contribution is -2.27. The van der Waals surface area contributed by atoms with Crippen LogP contribution in [0.5, 0.6) is 5.75 Å². The standard InChI is InChI=1S/C18H22O5S/c1-3-13(2)14-8-10-15(11-9-14)23-12-17(19)16-6-4-5-7-18(16)24(20,21)22/h4-5,7-11,13,16H,3,6,12H2,1-2H3,(H,20,21,22)/p-1. The molecule has 130 valence electrons. The highest BCUT2D eigenvalue weighted by Crippen LogP contribution is 2.26. The second-order valence-electron chi connectivity index (χ2n) is 5.87. The molecule has 0 spiro atoms. The second-order valence-corrected chi connectivity index (χ2v) is 7.25. The Balaban J connectivity index is 2.00. The van der Waals surface area contributed by atoms with Gasteiger partial charge in [0.25, 0.3) is 0 Å². The first-order valence-corrected chi connectivity index (χ1v) is 9.31. The fraction of sp³-hybridized carbons (Fsp3) is 0.389. The molecule has 1 aliphatic carbocycles. The van der Waals surface area contributed by atoms with Gasteiger partial charge < -0.3 is 9.29 Å². The summed E-state index contributed by atoms with van der Waals surface area (Å²) < 4.78 is 39.2. The van der Waals surface area contributed by atoms with Crippen LogP contribution in [-0.2, 0) is 14.9 Å². The minimum Gasteiger partial charge on any atom is -0.744 e. The number of carbonyl (C=O) groups is 1. The molecule has 2 rings (SSSR count). The molecule has 0 aromatic heterocycles. The van der Waals surface area contributed by atoms with Crippen LogP contribution in [-0.4, -0.2) is 25.4 Å². The molecular formula is C18H21O5S-. The van der Waals surface area contributed by atoms with E-state index in [9.17, 15) is 17.8 Å². The van der Waals surface area contributed by atoms with Crippen molar-refractivity contribution in [2.75, 3.05) is 6.61 Å². The summed E-state index contributed by atoms with van der Waals surface area (Å²) in [5, 5.41) is 0. The highest BCUT2D eigenvalue weighted by Gasteiger charge is 2.27. The Morgan fingerprint density at radius 3 is 2.58 bits per heavy atom. The lowest BCUT2D eigenvalue weighted by molar-refractivity contribution is -0.123. The lowest BCUT2D eigenvalue weighted by Gasteiger charge is -2.22. The maximum absolute atomic E-state index is 12.2. The number of ether oxygens (including phenoxy) is 1. The average molecular weight is 349 g/mol. The zero-order valence-corrected chi connectivity index (χ0v) is 14.6. The van der Waals surface area contributed by atoms with Crippen LogP contribution in [0, 0.1) is 5.92 Å². The predicted octanol–water partition coefficient (Wildman–Crippen LogP) is 3.15. The predicted molar refractivity (Wildman–Crippen MR) is 90.7 cm³/mol. The molecule has 0 bridgehead atoms. The first kappa shape index (κ1) is 18.4. The van der Waals surface area contributed by atoms with Crippen molar-refractivity contribution in [1.29, 1.82) is 0 Å². The number of rotatable bonds is 7. The quantitative estimate of drug-likeness (QED) is 0.706. The zero-order valence-electron chi connectivity index (χ0n) is 13.8. The molecule has 1 aromatic rings. The van der Waals surface area contributed by atoms with Crippen molar-refractivity contribution in [2.24, 2.45) is 5.92 Å². The summed E-state index contributed by atoms with van der Waals surface area (Å²) in [5.41, 5.74) is 1.19. The highest BCUT2D eigenvalue weighted by molar-refractivity contribution is 7.89. The van der Waals surface area contributed by atoms with Crippen LogP contribution in [0.15, 0.2) is 47.4 Å². The van der Waals surface area contributed by atoms with Gasteiger partial charge in [-0.15, -0.1) is 0 Å². The Bertz CT molecular complexity index is 744.